The highest BCUT2D eigenvalue weighted by Crippen LogP contribution is 2.17. The lowest BCUT2D eigenvalue weighted by atomic mass is 10.1. The molecule has 0 radical (unpaired) electrons. The summed E-state index contributed by atoms with van der Waals surface area (Å²) in [6, 6.07) is 16.2. The molecular formula is C19H25N3O. The molecule has 2 N–H and O–H groups in total. The first-order valence-electron chi connectivity index (χ1n) is 8.22. The van der Waals surface area contributed by atoms with Crippen molar-refractivity contribution in [2.24, 2.45) is 0 Å². The molecule has 0 aliphatic carbocycles. The minimum absolute atomic E-state index is 0.320. The Kier molecular flexibility index (Phi) is 5.16. The highest BCUT2D eigenvalue weighted by atomic mass is 16.3. The van der Waals surface area contributed by atoms with Gasteiger partial charge >= 0.3 is 0 Å². The third-order valence-corrected chi connectivity index (χ3v) is 4.37. The fourth-order valence-electron chi connectivity index (χ4n) is 2.91. The molecule has 1 aliphatic heterocycles. The average molecular weight is 311 g/mol. The topological polar surface area (TPSA) is 38.7 Å². The molecule has 23 heavy (non-hydrogen) atoms. The van der Waals surface area contributed by atoms with Crippen molar-refractivity contribution in [2.75, 3.05) is 38.1 Å². The Hall–Kier alpha value is -2.04. The maximum Gasteiger partial charge on any atom is 0.115 e. The van der Waals surface area contributed by atoms with Gasteiger partial charge in [0.15, 0.2) is 0 Å². The molecule has 2 aromatic rings. The molecule has 1 fully saturated rings. The second kappa shape index (κ2) is 7.49. The quantitative estimate of drug-likeness (QED) is 0.889. The first kappa shape index (κ1) is 15.8. The van der Waals surface area contributed by atoms with Crippen LogP contribution in [0.25, 0.3) is 0 Å². The number of aromatic hydroxyl groups is 1. The number of phenols is 1. The lowest BCUT2D eigenvalue weighted by molar-refractivity contribution is 0.313. The molecule has 0 spiro atoms. The summed E-state index contributed by atoms with van der Waals surface area (Å²) < 4.78 is 0. The first-order chi connectivity index (χ1) is 11.2. The number of hydrogen-bond donors (Lipinski definition) is 2. The SMILES string of the molecule is CN1CCN(c2ccc(CNCc3cccc(O)c3)cc2)CC1. The number of nitrogens with zero attached hydrogens (tertiary/aromatic N) is 2. The molecule has 0 unspecified atom stereocenters. The van der Waals surface area contributed by atoms with E-state index >= 15 is 0 Å². The van der Waals surface area contributed by atoms with Crippen LogP contribution in [0.3, 0.4) is 0 Å². The van der Waals surface area contributed by atoms with Gasteiger partial charge in [-0.05, 0) is 42.4 Å². The Morgan fingerprint density at radius 3 is 2.30 bits per heavy atom. The van der Waals surface area contributed by atoms with E-state index in [1.54, 1.807) is 12.1 Å². The second-order valence-corrected chi connectivity index (χ2v) is 6.23. The van der Waals surface area contributed by atoms with Gasteiger partial charge in [-0.1, -0.05) is 24.3 Å². The number of phenolic OH excluding ortho intramolecular Hbond substituents is 1. The summed E-state index contributed by atoms with van der Waals surface area (Å²) in [5, 5.41) is 12.9. The minimum atomic E-state index is 0.320. The predicted molar refractivity (Wildman–Crippen MR) is 94.8 cm³/mol. The molecule has 1 heterocycles. The molecule has 122 valence electrons. The average Bonchev–Trinajstić information content (AvgIpc) is 2.56. The van der Waals surface area contributed by atoms with Gasteiger partial charge in [0.1, 0.15) is 5.75 Å². The zero-order valence-corrected chi connectivity index (χ0v) is 13.7. The monoisotopic (exact) mass is 311 g/mol. The van der Waals surface area contributed by atoms with E-state index in [9.17, 15) is 5.11 Å². The predicted octanol–water partition coefficient (Wildman–Crippen LogP) is 2.43. The summed E-state index contributed by atoms with van der Waals surface area (Å²) in [6.45, 7) is 6.06. The highest BCUT2D eigenvalue weighted by molar-refractivity contribution is 5.48. The lowest BCUT2D eigenvalue weighted by Crippen LogP contribution is -2.44. The molecule has 0 saturated carbocycles. The van der Waals surface area contributed by atoms with Gasteiger partial charge in [-0.15, -0.1) is 0 Å². The van der Waals surface area contributed by atoms with Crippen molar-refractivity contribution in [3.63, 3.8) is 0 Å². The van der Waals surface area contributed by atoms with Gasteiger partial charge in [0.25, 0.3) is 0 Å². The van der Waals surface area contributed by atoms with E-state index in [0.717, 1.165) is 44.8 Å². The fraction of sp³-hybridized carbons (Fsp3) is 0.368. The van der Waals surface area contributed by atoms with E-state index in [1.165, 1.54) is 11.3 Å². The Morgan fingerprint density at radius 1 is 0.913 bits per heavy atom. The summed E-state index contributed by atoms with van der Waals surface area (Å²) in [4.78, 5) is 4.82. The van der Waals surface area contributed by atoms with E-state index in [4.69, 9.17) is 0 Å². The molecule has 4 nitrogen and oxygen atoms in total. The molecule has 3 rings (SSSR count). The van der Waals surface area contributed by atoms with Crippen LogP contribution in [0.5, 0.6) is 5.75 Å². The van der Waals surface area contributed by atoms with E-state index in [-0.39, 0.29) is 0 Å². The largest absolute Gasteiger partial charge is 0.508 e. The van der Waals surface area contributed by atoms with Crippen LogP contribution in [0, 0.1) is 0 Å². The highest BCUT2D eigenvalue weighted by Gasteiger charge is 2.13. The molecule has 0 atom stereocenters. The minimum Gasteiger partial charge on any atom is -0.508 e. The van der Waals surface area contributed by atoms with Gasteiger partial charge in [0.05, 0.1) is 0 Å². The van der Waals surface area contributed by atoms with Crippen LogP contribution < -0.4 is 10.2 Å². The fourth-order valence-corrected chi connectivity index (χ4v) is 2.91. The van der Waals surface area contributed by atoms with Gasteiger partial charge in [-0.2, -0.15) is 0 Å². The van der Waals surface area contributed by atoms with E-state index in [0.29, 0.717) is 5.75 Å². The first-order valence-corrected chi connectivity index (χ1v) is 8.22. The Morgan fingerprint density at radius 2 is 1.61 bits per heavy atom. The molecule has 0 amide bonds. The Labute approximate surface area is 138 Å². The number of likely N-dealkylation sites (N-methyl/N-ethyl adjacent to an activating group) is 1. The van der Waals surface area contributed by atoms with Gasteiger partial charge in [-0.3, -0.25) is 0 Å². The molecule has 1 aliphatic rings. The van der Waals surface area contributed by atoms with E-state index in [2.05, 4.69) is 46.4 Å². The molecule has 0 bridgehead atoms. The van der Waals surface area contributed by atoms with E-state index in [1.807, 2.05) is 12.1 Å². The third-order valence-electron chi connectivity index (χ3n) is 4.37. The van der Waals surface area contributed by atoms with Crippen molar-refractivity contribution in [3.8, 4) is 5.75 Å². The van der Waals surface area contributed by atoms with Crippen molar-refractivity contribution in [1.29, 1.82) is 0 Å². The van der Waals surface area contributed by atoms with Gasteiger partial charge < -0.3 is 20.2 Å². The van der Waals surface area contributed by atoms with Crippen molar-refractivity contribution in [3.05, 3.63) is 59.7 Å². The lowest BCUT2D eigenvalue weighted by Gasteiger charge is -2.34. The number of nitrogens with one attached hydrogen (secondary N) is 1. The normalized spacial score (nSPS) is 15.8. The van der Waals surface area contributed by atoms with Gasteiger partial charge in [-0.25, -0.2) is 0 Å². The van der Waals surface area contributed by atoms with Crippen LogP contribution in [0.1, 0.15) is 11.1 Å². The Bertz CT molecular complexity index is 619. The summed E-state index contributed by atoms with van der Waals surface area (Å²) in [5.41, 5.74) is 3.69. The summed E-state index contributed by atoms with van der Waals surface area (Å²) in [7, 11) is 2.18. The standard InChI is InChI=1S/C19H25N3O/c1-21-9-11-22(12-10-21)18-7-5-16(6-8-18)14-20-15-17-3-2-4-19(23)13-17/h2-8,13,20,23H,9-12,14-15H2,1H3. The number of anilines is 1. The van der Waals surface area contributed by atoms with E-state index < -0.39 is 0 Å². The number of piperazine rings is 1. The third kappa shape index (κ3) is 4.47. The zero-order chi connectivity index (χ0) is 16.1. The molecule has 2 aromatic carbocycles. The molecule has 4 heteroatoms. The van der Waals surface area contributed by atoms with Crippen LogP contribution in [-0.2, 0) is 13.1 Å². The molecule has 1 saturated heterocycles. The molecular weight excluding hydrogens is 286 g/mol. The van der Waals surface area contributed by atoms with Crippen molar-refractivity contribution in [2.45, 2.75) is 13.1 Å². The maximum absolute atomic E-state index is 9.46. The van der Waals surface area contributed by atoms with Gasteiger partial charge in [0.2, 0.25) is 0 Å². The van der Waals surface area contributed by atoms with Crippen molar-refractivity contribution in [1.82, 2.24) is 10.2 Å². The zero-order valence-electron chi connectivity index (χ0n) is 13.7. The van der Waals surface area contributed by atoms with Gasteiger partial charge in [0, 0.05) is 45.0 Å². The van der Waals surface area contributed by atoms with Crippen LogP contribution in [-0.4, -0.2) is 43.2 Å². The van der Waals surface area contributed by atoms with Crippen molar-refractivity contribution < 1.29 is 5.11 Å². The second-order valence-electron chi connectivity index (χ2n) is 6.23. The van der Waals surface area contributed by atoms with Crippen LogP contribution >= 0.6 is 0 Å². The maximum atomic E-state index is 9.46. The smallest absolute Gasteiger partial charge is 0.115 e. The summed E-state index contributed by atoms with van der Waals surface area (Å²) >= 11 is 0. The van der Waals surface area contributed by atoms with Crippen LogP contribution in [0.15, 0.2) is 48.5 Å². The molecule has 0 aromatic heterocycles. The van der Waals surface area contributed by atoms with Crippen LogP contribution in [0.4, 0.5) is 5.69 Å². The number of benzene rings is 2. The number of hydrogen-bond acceptors (Lipinski definition) is 4. The summed E-state index contributed by atoms with van der Waals surface area (Å²) in [6.07, 6.45) is 0. The summed E-state index contributed by atoms with van der Waals surface area (Å²) in [5.74, 6) is 0.320. The Balaban J connectivity index is 1.49. The number of rotatable bonds is 5. The van der Waals surface area contributed by atoms with Crippen LogP contribution in [0.2, 0.25) is 0 Å². The van der Waals surface area contributed by atoms with Crippen molar-refractivity contribution >= 4 is 5.69 Å².